The maximum absolute atomic E-state index is 12.8. The highest BCUT2D eigenvalue weighted by molar-refractivity contribution is 7.17. The van der Waals surface area contributed by atoms with Gasteiger partial charge in [-0.2, -0.15) is 13.2 Å². The van der Waals surface area contributed by atoms with Crippen molar-refractivity contribution in [2.75, 3.05) is 13.1 Å². The Morgan fingerprint density at radius 3 is 2.13 bits per heavy atom. The van der Waals surface area contributed by atoms with E-state index in [1.54, 1.807) is 0 Å². The average Bonchev–Trinajstić information content (AvgIpc) is 3.35. The van der Waals surface area contributed by atoms with Gasteiger partial charge >= 0.3 is 12.1 Å². The number of alkyl halides is 3. The first-order valence-corrected chi connectivity index (χ1v) is 13.7. The topological polar surface area (TPSA) is 69.6 Å². The minimum absolute atomic E-state index is 0.0181. The molecular weight excluding hydrogens is 549 g/mol. The van der Waals surface area contributed by atoms with Gasteiger partial charge in [0.25, 0.3) is 5.91 Å². The molecule has 0 spiro atoms. The van der Waals surface area contributed by atoms with Gasteiger partial charge in [-0.1, -0.05) is 74.8 Å². The molecule has 2 N–H and O–H groups in total. The van der Waals surface area contributed by atoms with Crippen LogP contribution in [0.4, 0.5) is 13.2 Å². The number of carboxylic acids is 1. The number of carbonyl (C=O) groups is 2. The van der Waals surface area contributed by atoms with Crippen molar-refractivity contribution >= 4 is 34.8 Å². The summed E-state index contributed by atoms with van der Waals surface area (Å²) in [4.78, 5) is 25.9. The van der Waals surface area contributed by atoms with Crippen molar-refractivity contribution in [2.45, 2.75) is 57.8 Å². The number of nitrogens with one attached hydrogen (secondary N) is 1. The molecule has 5 nitrogen and oxygen atoms in total. The number of carbonyl (C=O) groups excluding carboxylic acids is 1. The molecule has 0 unspecified atom stereocenters. The predicted octanol–water partition coefficient (Wildman–Crippen LogP) is 7.39. The molecule has 2 heterocycles. The van der Waals surface area contributed by atoms with Crippen LogP contribution in [-0.2, 0) is 16.8 Å². The highest BCUT2D eigenvalue weighted by atomic mass is 35.5. The van der Waals surface area contributed by atoms with Gasteiger partial charge in [0.1, 0.15) is 0 Å². The SMILES string of the molecule is CC(C)(C)c1ccc(CN2CCC(NC(=O)c3ccc(-c4ccccc4Cl)s3)CC2)cc1.O=C(O)C(F)(F)F. The number of hydrogen-bond acceptors (Lipinski definition) is 4. The third-order valence-corrected chi connectivity index (χ3v) is 7.81. The van der Waals surface area contributed by atoms with E-state index in [0.29, 0.717) is 5.02 Å². The third-order valence-electron chi connectivity index (χ3n) is 6.36. The zero-order chi connectivity index (χ0) is 28.8. The fourth-order valence-corrected chi connectivity index (χ4v) is 5.37. The summed E-state index contributed by atoms with van der Waals surface area (Å²) >= 11 is 7.80. The van der Waals surface area contributed by atoms with Crippen molar-refractivity contribution in [3.05, 3.63) is 81.7 Å². The molecule has 4 rings (SSSR count). The molecule has 0 radical (unpaired) electrons. The number of benzene rings is 2. The van der Waals surface area contributed by atoms with Crippen LogP contribution in [0.1, 0.15) is 54.4 Å². The molecule has 1 fully saturated rings. The van der Waals surface area contributed by atoms with E-state index < -0.39 is 12.1 Å². The molecular formula is C29H32ClF3N2O3S. The van der Waals surface area contributed by atoms with Crippen molar-refractivity contribution in [1.82, 2.24) is 10.2 Å². The summed E-state index contributed by atoms with van der Waals surface area (Å²) in [5.74, 6) is -2.74. The van der Waals surface area contributed by atoms with E-state index in [2.05, 4.69) is 55.3 Å². The molecule has 1 aliphatic rings. The molecule has 2 aromatic carbocycles. The summed E-state index contributed by atoms with van der Waals surface area (Å²) in [6.45, 7) is 9.71. The van der Waals surface area contributed by atoms with Crippen LogP contribution in [0.5, 0.6) is 0 Å². The van der Waals surface area contributed by atoms with Gasteiger partial charge in [0.2, 0.25) is 0 Å². The van der Waals surface area contributed by atoms with E-state index >= 15 is 0 Å². The smallest absolute Gasteiger partial charge is 0.475 e. The van der Waals surface area contributed by atoms with Crippen LogP contribution >= 0.6 is 22.9 Å². The Labute approximate surface area is 235 Å². The van der Waals surface area contributed by atoms with E-state index in [4.69, 9.17) is 21.5 Å². The highest BCUT2D eigenvalue weighted by Crippen LogP contribution is 2.33. The maximum Gasteiger partial charge on any atom is 0.490 e. The van der Waals surface area contributed by atoms with Crippen LogP contribution < -0.4 is 5.32 Å². The molecule has 210 valence electrons. The molecule has 10 heteroatoms. The second-order valence-corrected chi connectivity index (χ2v) is 11.9. The summed E-state index contributed by atoms with van der Waals surface area (Å²) < 4.78 is 31.7. The number of rotatable bonds is 5. The summed E-state index contributed by atoms with van der Waals surface area (Å²) in [6, 6.07) is 20.9. The first kappa shape index (κ1) is 30.7. The minimum Gasteiger partial charge on any atom is -0.475 e. The van der Waals surface area contributed by atoms with Gasteiger partial charge in [-0.3, -0.25) is 9.69 Å². The summed E-state index contributed by atoms with van der Waals surface area (Å²) in [7, 11) is 0. The first-order valence-electron chi connectivity index (χ1n) is 12.5. The standard InChI is InChI=1S/C27H31ClN2OS.C2HF3O2/c1-27(2,3)20-10-8-19(9-11-20)18-30-16-14-21(15-17-30)29-26(31)25-13-12-24(32-25)22-6-4-5-7-23(22)28;3-2(4,5)1(6)7/h4-13,21H,14-18H2,1-3H3,(H,29,31);(H,6,7). The van der Waals surface area contributed by atoms with E-state index in [9.17, 15) is 18.0 Å². The van der Waals surface area contributed by atoms with Gasteiger partial charge in [0, 0.05) is 41.1 Å². The lowest BCUT2D eigenvalue weighted by Gasteiger charge is -2.32. The Balaban J connectivity index is 0.000000532. The van der Waals surface area contributed by atoms with Gasteiger partial charge in [0.05, 0.1) is 4.88 Å². The van der Waals surface area contributed by atoms with Gasteiger partial charge < -0.3 is 10.4 Å². The molecule has 0 aliphatic carbocycles. The van der Waals surface area contributed by atoms with E-state index in [1.807, 2.05) is 36.4 Å². The number of amides is 1. The molecule has 1 aliphatic heterocycles. The highest BCUT2D eigenvalue weighted by Gasteiger charge is 2.38. The number of halogens is 4. The number of likely N-dealkylation sites (tertiary alicyclic amines) is 1. The molecule has 1 aromatic heterocycles. The van der Waals surface area contributed by atoms with Gasteiger partial charge in [-0.25, -0.2) is 4.79 Å². The summed E-state index contributed by atoms with van der Waals surface area (Å²) in [6.07, 6.45) is -3.12. The molecule has 39 heavy (non-hydrogen) atoms. The molecule has 0 bridgehead atoms. The fraction of sp³-hybridized carbons (Fsp3) is 0.379. The zero-order valence-electron chi connectivity index (χ0n) is 22.0. The number of nitrogens with zero attached hydrogens (tertiary/aromatic N) is 1. The molecule has 0 atom stereocenters. The second-order valence-electron chi connectivity index (χ2n) is 10.4. The predicted molar refractivity (Wildman–Crippen MR) is 149 cm³/mol. The lowest BCUT2D eigenvalue weighted by Crippen LogP contribution is -2.44. The quantitative estimate of drug-likeness (QED) is 0.330. The van der Waals surface area contributed by atoms with Crippen molar-refractivity contribution in [3.63, 3.8) is 0 Å². The van der Waals surface area contributed by atoms with Crippen molar-refractivity contribution in [1.29, 1.82) is 0 Å². The number of piperidine rings is 1. The monoisotopic (exact) mass is 580 g/mol. The number of hydrogen-bond donors (Lipinski definition) is 2. The van der Waals surface area contributed by atoms with Gasteiger partial charge in [-0.15, -0.1) is 11.3 Å². The number of carboxylic acid groups (broad SMARTS) is 1. The Bertz CT molecular complexity index is 1260. The molecule has 1 saturated heterocycles. The second kappa shape index (κ2) is 13.0. The Hall–Kier alpha value is -2.88. The van der Waals surface area contributed by atoms with Crippen LogP contribution in [-0.4, -0.2) is 47.2 Å². The van der Waals surface area contributed by atoms with Crippen molar-refractivity contribution < 1.29 is 27.9 Å². The van der Waals surface area contributed by atoms with E-state index in [1.165, 1.54) is 22.5 Å². The third kappa shape index (κ3) is 9.08. The lowest BCUT2D eigenvalue weighted by molar-refractivity contribution is -0.192. The number of aliphatic carboxylic acids is 1. The number of thiophene rings is 1. The van der Waals surface area contributed by atoms with Crippen molar-refractivity contribution in [2.24, 2.45) is 0 Å². The zero-order valence-corrected chi connectivity index (χ0v) is 23.6. The summed E-state index contributed by atoms with van der Waals surface area (Å²) in [5, 5.41) is 11.1. The maximum atomic E-state index is 12.8. The molecule has 1 amide bonds. The Kier molecular flexibility index (Phi) is 10.2. The normalized spacial score (nSPS) is 14.8. The van der Waals surface area contributed by atoms with E-state index in [0.717, 1.165) is 47.8 Å². The van der Waals surface area contributed by atoms with E-state index in [-0.39, 0.29) is 17.4 Å². The average molecular weight is 581 g/mol. The van der Waals surface area contributed by atoms with Gasteiger partial charge in [0.15, 0.2) is 0 Å². The van der Waals surface area contributed by atoms with Crippen LogP contribution in [0.3, 0.4) is 0 Å². The van der Waals surface area contributed by atoms with Crippen LogP contribution in [0.2, 0.25) is 5.02 Å². The van der Waals surface area contributed by atoms with Gasteiger partial charge in [-0.05, 0) is 47.6 Å². The minimum atomic E-state index is -5.08. The lowest BCUT2D eigenvalue weighted by atomic mass is 9.86. The Morgan fingerprint density at radius 2 is 1.59 bits per heavy atom. The summed E-state index contributed by atoms with van der Waals surface area (Å²) in [5.41, 5.74) is 3.88. The van der Waals surface area contributed by atoms with Crippen LogP contribution in [0.25, 0.3) is 10.4 Å². The largest absolute Gasteiger partial charge is 0.490 e. The van der Waals surface area contributed by atoms with Crippen molar-refractivity contribution in [3.8, 4) is 10.4 Å². The van der Waals surface area contributed by atoms with Crippen LogP contribution in [0, 0.1) is 0 Å². The fourth-order valence-electron chi connectivity index (χ4n) is 4.13. The van der Waals surface area contributed by atoms with Crippen LogP contribution in [0.15, 0.2) is 60.7 Å². The first-order chi connectivity index (χ1) is 18.2. The molecule has 3 aromatic rings. The molecule has 0 saturated carbocycles. The Morgan fingerprint density at radius 1 is 1.00 bits per heavy atom.